The lowest BCUT2D eigenvalue weighted by molar-refractivity contribution is -0.281. The van der Waals surface area contributed by atoms with Crippen LogP contribution in [0, 0.1) is 22.7 Å². The van der Waals surface area contributed by atoms with E-state index in [2.05, 4.69) is 55.4 Å². The molecule has 0 aliphatic carbocycles. The van der Waals surface area contributed by atoms with Gasteiger partial charge in [-0.2, -0.15) is 0 Å². The number of hydroxylamine groups is 4. The van der Waals surface area contributed by atoms with Gasteiger partial charge < -0.3 is 19.1 Å². The van der Waals surface area contributed by atoms with Gasteiger partial charge in [-0.15, -0.1) is 10.1 Å². The van der Waals surface area contributed by atoms with E-state index >= 15 is 0 Å². The minimum absolute atomic E-state index is 0.141. The van der Waals surface area contributed by atoms with Gasteiger partial charge in [0.15, 0.2) is 0 Å². The predicted octanol–water partition coefficient (Wildman–Crippen LogP) is 9.02. The van der Waals surface area contributed by atoms with Crippen molar-refractivity contribution in [2.75, 3.05) is 0 Å². The van der Waals surface area contributed by atoms with Crippen LogP contribution >= 0.6 is 0 Å². The first-order valence-corrected chi connectivity index (χ1v) is 17.4. The second-order valence-corrected chi connectivity index (χ2v) is 19.5. The van der Waals surface area contributed by atoms with Gasteiger partial charge in [0.05, 0.1) is 22.2 Å². The summed E-state index contributed by atoms with van der Waals surface area (Å²) in [6.45, 7) is 33.3. The molecule has 0 aromatic rings. The number of nitrogens with zero attached hydrogens (tertiary/aromatic N) is 2. The Morgan fingerprint density at radius 2 is 0.848 bits per heavy atom. The average Bonchev–Trinajstić information content (AvgIpc) is 2.74. The maximum Gasteiger partial charge on any atom is 0.508 e. The molecule has 2 aliphatic heterocycles. The highest BCUT2D eigenvalue weighted by Gasteiger charge is 2.51. The molecule has 0 bridgehead atoms. The van der Waals surface area contributed by atoms with Crippen molar-refractivity contribution >= 4 is 18.1 Å². The van der Waals surface area contributed by atoms with E-state index in [-0.39, 0.29) is 34.6 Å². The van der Waals surface area contributed by atoms with Gasteiger partial charge in [-0.1, -0.05) is 55.4 Å². The van der Waals surface area contributed by atoms with Gasteiger partial charge in [0.2, 0.25) is 0 Å². The monoisotopic (exact) mass is 653 g/mol. The normalized spacial score (nSPS) is 23.7. The third-order valence-corrected chi connectivity index (χ3v) is 8.97. The molecule has 9 heteroatoms. The Morgan fingerprint density at radius 3 is 1.09 bits per heavy atom. The molecule has 2 fully saturated rings. The van der Waals surface area contributed by atoms with Crippen LogP contribution in [0.2, 0.25) is 0 Å². The van der Waals surface area contributed by atoms with E-state index in [1.54, 1.807) is 10.1 Å². The summed E-state index contributed by atoms with van der Waals surface area (Å²) in [5.74, 6) is -0.0487. The SMILES string of the molecule is CC(CC(=O)ON1C(C)(C)CC(OC(=O)OC2CC(C)(C)N(OC(=O)CC(C)CC(C)(C)C)C(C)(C)C2)CC1(C)C)CC(C)(C)C. The van der Waals surface area contributed by atoms with Crippen LogP contribution in [0.5, 0.6) is 0 Å². The Morgan fingerprint density at radius 1 is 0.587 bits per heavy atom. The quantitative estimate of drug-likeness (QED) is 0.214. The molecule has 0 radical (unpaired) electrons. The van der Waals surface area contributed by atoms with Crippen LogP contribution in [0.4, 0.5) is 4.79 Å². The lowest BCUT2D eigenvalue weighted by Crippen LogP contribution is -2.63. The van der Waals surface area contributed by atoms with Crippen molar-refractivity contribution in [3.63, 3.8) is 0 Å². The fourth-order valence-electron chi connectivity index (χ4n) is 8.39. The van der Waals surface area contributed by atoms with Gasteiger partial charge in [0.25, 0.3) is 0 Å². The standard InChI is InChI=1S/C37H68N2O7/c1-25(19-32(3,4)5)17-29(40)45-38-34(9,10)21-27(22-35(38,11)12)43-31(42)44-28-23-36(13,14)39(37(15,16)24-28)46-30(41)18-26(2)20-33(6,7)8/h25-28H,17-24H2,1-16H3. The molecule has 2 saturated heterocycles. The first kappa shape index (κ1) is 40.3. The zero-order chi connectivity index (χ0) is 35.7. The lowest BCUT2D eigenvalue weighted by Gasteiger charge is -2.53. The van der Waals surface area contributed by atoms with Crippen LogP contribution < -0.4 is 0 Å². The van der Waals surface area contributed by atoms with E-state index in [4.69, 9.17) is 19.1 Å². The van der Waals surface area contributed by atoms with Crippen molar-refractivity contribution in [3.05, 3.63) is 0 Å². The molecule has 0 saturated carbocycles. The Hall–Kier alpha value is -1.87. The van der Waals surface area contributed by atoms with Crippen LogP contribution in [0.15, 0.2) is 0 Å². The molecule has 0 N–H and O–H groups in total. The highest BCUT2D eigenvalue weighted by Crippen LogP contribution is 2.42. The van der Waals surface area contributed by atoms with Crippen molar-refractivity contribution in [2.24, 2.45) is 22.7 Å². The molecule has 0 aromatic carbocycles. The van der Waals surface area contributed by atoms with Crippen LogP contribution in [0.25, 0.3) is 0 Å². The maximum absolute atomic E-state index is 13.2. The summed E-state index contributed by atoms with van der Waals surface area (Å²) in [6.07, 6.45) is 3.06. The summed E-state index contributed by atoms with van der Waals surface area (Å²) in [4.78, 5) is 51.0. The van der Waals surface area contributed by atoms with E-state index in [1.807, 2.05) is 55.4 Å². The topological polar surface area (TPSA) is 94.6 Å². The molecule has 2 heterocycles. The Bertz CT molecular complexity index is 949. The van der Waals surface area contributed by atoms with Gasteiger partial charge in [-0.25, -0.2) is 4.79 Å². The largest absolute Gasteiger partial charge is 0.508 e. The van der Waals surface area contributed by atoms with Crippen molar-refractivity contribution < 1.29 is 33.5 Å². The molecular formula is C37H68N2O7. The van der Waals surface area contributed by atoms with Crippen LogP contribution in [-0.2, 0) is 28.7 Å². The fraction of sp³-hybridized carbons (Fsp3) is 0.919. The van der Waals surface area contributed by atoms with E-state index in [9.17, 15) is 14.4 Å². The van der Waals surface area contributed by atoms with Gasteiger partial charge in [-0.05, 0) is 90.9 Å². The molecule has 46 heavy (non-hydrogen) atoms. The minimum Gasteiger partial charge on any atom is -0.431 e. The molecule has 0 amide bonds. The summed E-state index contributed by atoms with van der Waals surface area (Å²) < 4.78 is 11.8. The molecule has 0 aromatic heterocycles. The van der Waals surface area contributed by atoms with E-state index < -0.39 is 40.5 Å². The van der Waals surface area contributed by atoms with Crippen molar-refractivity contribution in [1.29, 1.82) is 0 Å². The maximum atomic E-state index is 13.2. The first-order chi connectivity index (χ1) is 20.5. The number of rotatable bonds is 10. The number of piperidine rings is 2. The minimum atomic E-state index is -0.698. The summed E-state index contributed by atoms with van der Waals surface area (Å²) in [5.41, 5.74) is -1.94. The highest BCUT2D eigenvalue weighted by atomic mass is 16.7. The first-order valence-electron chi connectivity index (χ1n) is 17.4. The Balaban J connectivity index is 1.99. The van der Waals surface area contributed by atoms with Crippen LogP contribution in [0.3, 0.4) is 0 Å². The molecule has 2 unspecified atom stereocenters. The van der Waals surface area contributed by atoms with Gasteiger partial charge in [0, 0.05) is 38.5 Å². The molecule has 268 valence electrons. The van der Waals surface area contributed by atoms with Crippen LogP contribution in [0.1, 0.15) is 162 Å². The van der Waals surface area contributed by atoms with Gasteiger partial charge in [-0.3, -0.25) is 9.59 Å². The highest BCUT2D eigenvalue weighted by molar-refractivity contribution is 5.70. The Kier molecular flexibility index (Phi) is 12.5. The average molecular weight is 653 g/mol. The molecule has 2 aliphatic rings. The smallest absolute Gasteiger partial charge is 0.431 e. The number of carbonyl (C=O) groups excluding carboxylic acids is 3. The second kappa shape index (κ2) is 14.3. The number of ether oxygens (including phenoxy) is 2. The summed E-state index contributed by atoms with van der Waals surface area (Å²) >= 11 is 0. The van der Waals surface area contributed by atoms with Gasteiger partial charge >= 0.3 is 18.1 Å². The molecule has 2 rings (SSSR count). The fourth-order valence-corrected chi connectivity index (χ4v) is 8.39. The number of carbonyl (C=O) groups is 3. The number of hydrogen-bond donors (Lipinski definition) is 0. The van der Waals surface area contributed by atoms with E-state index in [0.717, 1.165) is 12.8 Å². The molecule has 9 nitrogen and oxygen atoms in total. The molecule has 2 atom stereocenters. The van der Waals surface area contributed by atoms with Crippen molar-refractivity contribution in [2.45, 2.75) is 197 Å². The summed E-state index contributed by atoms with van der Waals surface area (Å²) in [7, 11) is 0. The van der Waals surface area contributed by atoms with E-state index in [0.29, 0.717) is 38.5 Å². The third kappa shape index (κ3) is 12.3. The number of hydrogen-bond acceptors (Lipinski definition) is 9. The van der Waals surface area contributed by atoms with Crippen LogP contribution in [-0.4, -0.2) is 62.6 Å². The summed E-state index contributed by atoms with van der Waals surface area (Å²) in [6, 6.07) is 0. The predicted molar refractivity (Wildman–Crippen MR) is 181 cm³/mol. The Labute approximate surface area is 280 Å². The zero-order valence-electron chi connectivity index (χ0n) is 32.2. The lowest BCUT2D eigenvalue weighted by atomic mass is 9.80. The third-order valence-electron chi connectivity index (χ3n) is 8.97. The van der Waals surface area contributed by atoms with Crippen molar-refractivity contribution in [1.82, 2.24) is 10.1 Å². The summed E-state index contributed by atoms with van der Waals surface area (Å²) in [5, 5.41) is 3.59. The second-order valence-electron chi connectivity index (χ2n) is 19.5. The van der Waals surface area contributed by atoms with E-state index in [1.165, 1.54) is 0 Å². The molecule has 0 spiro atoms. The molecular weight excluding hydrogens is 584 g/mol. The van der Waals surface area contributed by atoms with Gasteiger partial charge in [0.1, 0.15) is 12.2 Å². The zero-order valence-corrected chi connectivity index (χ0v) is 32.2. The van der Waals surface area contributed by atoms with Crippen molar-refractivity contribution in [3.8, 4) is 0 Å².